The van der Waals surface area contributed by atoms with Crippen molar-refractivity contribution in [3.05, 3.63) is 39.9 Å². The zero-order valence-corrected chi connectivity index (χ0v) is 12.8. The lowest BCUT2D eigenvalue weighted by atomic mass is 10.1. The van der Waals surface area contributed by atoms with Gasteiger partial charge in [0.05, 0.1) is 10.7 Å². The van der Waals surface area contributed by atoms with Crippen molar-refractivity contribution < 1.29 is 13.3 Å². The normalized spacial score (nSPS) is 27.3. The van der Waals surface area contributed by atoms with Crippen LogP contribution in [0.4, 0.5) is 5.69 Å². The highest BCUT2D eigenvalue weighted by Crippen LogP contribution is 2.62. The van der Waals surface area contributed by atoms with Crippen LogP contribution in [0.1, 0.15) is 19.4 Å². The second kappa shape index (κ2) is 4.51. The van der Waals surface area contributed by atoms with Crippen LogP contribution in [0.3, 0.4) is 0 Å². The van der Waals surface area contributed by atoms with Crippen LogP contribution in [0, 0.1) is 27.4 Å². The molecule has 0 bridgehead atoms. The smallest absolute Gasteiger partial charge is 0.258 e. The quantitative estimate of drug-likeness (QED) is 0.629. The van der Waals surface area contributed by atoms with Crippen molar-refractivity contribution in [2.24, 2.45) is 17.3 Å². The van der Waals surface area contributed by atoms with Gasteiger partial charge in [-0.05, 0) is 22.8 Å². The van der Waals surface area contributed by atoms with E-state index >= 15 is 0 Å². The zero-order chi connectivity index (χ0) is 15.4. The van der Waals surface area contributed by atoms with Gasteiger partial charge in [-0.1, -0.05) is 26.0 Å². The van der Waals surface area contributed by atoms with Crippen molar-refractivity contribution in [1.29, 1.82) is 0 Å². The predicted molar refractivity (Wildman–Crippen MR) is 78.1 cm³/mol. The first-order chi connectivity index (χ1) is 9.72. The Kier molecular flexibility index (Phi) is 3.11. The molecule has 0 N–H and O–H groups in total. The second-order valence-electron chi connectivity index (χ2n) is 6.53. The average Bonchev–Trinajstić information content (AvgIpc) is 2.80. The molecule has 1 aromatic rings. The highest BCUT2D eigenvalue weighted by molar-refractivity contribution is 7.88. The minimum atomic E-state index is -3.40. The fourth-order valence-electron chi connectivity index (χ4n) is 3.38. The largest absolute Gasteiger partial charge is 0.269 e. The van der Waals surface area contributed by atoms with Crippen molar-refractivity contribution in [3.8, 4) is 0 Å². The standard InChI is InChI=1S/C14H18N2O4S/c1-14(2)12-7-15(8-13(12)14)21(19,20)9-10-4-3-5-11(6-10)16(17)18/h3-6,12-13H,7-9H2,1-2H3. The predicted octanol–water partition coefficient (Wildman–Crippen LogP) is 2.01. The number of sulfonamides is 1. The molecule has 0 aromatic heterocycles. The molecule has 2 fully saturated rings. The van der Waals surface area contributed by atoms with E-state index in [2.05, 4.69) is 13.8 Å². The molecule has 2 aliphatic rings. The van der Waals surface area contributed by atoms with Gasteiger partial charge in [0.15, 0.2) is 0 Å². The molecule has 1 aromatic carbocycles. The van der Waals surface area contributed by atoms with Crippen LogP contribution in [0.5, 0.6) is 0 Å². The van der Waals surface area contributed by atoms with E-state index in [9.17, 15) is 18.5 Å². The Balaban J connectivity index is 1.73. The summed E-state index contributed by atoms with van der Waals surface area (Å²) >= 11 is 0. The Morgan fingerprint density at radius 1 is 1.33 bits per heavy atom. The monoisotopic (exact) mass is 310 g/mol. The highest BCUT2D eigenvalue weighted by Gasteiger charge is 2.63. The van der Waals surface area contributed by atoms with Gasteiger partial charge in [0.1, 0.15) is 0 Å². The van der Waals surface area contributed by atoms with E-state index in [1.807, 2.05) is 0 Å². The number of nitro groups is 1. The van der Waals surface area contributed by atoms with Crippen molar-refractivity contribution in [2.45, 2.75) is 19.6 Å². The number of hydrogen-bond donors (Lipinski definition) is 0. The minimum absolute atomic E-state index is 0.0758. The molecule has 6 nitrogen and oxygen atoms in total. The van der Waals surface area contributed by atoms with E-state index in [1.165, 1.54) is 22.5 Å². The van der Waals surface area contributed by atoms with E-state index in [0.717, 1.165) is 0 Å². The van der Waals surface area contributed by atoms with Gasteiger partial charge in [-0.3, -0.25) is 10.1 Å². The summed E-state index contributed by atoms with van der Waals surface area (Å²) in [6.07, 6.45) is 0. The molecule has 7 heteroatoms. The molecule has 114 valence electrons. The van der Waals surface area contributed by atoms with E-state index < -0.39 is 14.9 Å². The van der Waals surface area contributed by atoms with E-state index in [0.29, 0.717) is 30.5 Å². The summed E-state index contributed by atoms with van der Waals surface area (Å²) in [6.45, 7) is 5.50. The fourth-order valence-corrected chi connectivity index (χ4v) is 4.94. The summed E-state index contributed by atoms with van der Waals surface area (Å²) in [6, 6.07) is 5.83. The lowest BCUT2D eigenvalue weighted by molar-refractivity contribution is -0.384. The maximum absolute atomic E-state index is 12.4. The third-order valence-electron chi connectivity index (χ3n) is 4.95. The van der Waals surface area contributed by atoms with Crippen LogP contribution in [0.2, 0.25) is 0 Å². The first-order valence-corrected chi connectivity index (χ1v) is 8.54. The first kappa shape index (κ1) is 14.5. The summed E-state index contributed by atoms with van der Waals surface area (Å²) < 4.78 is 26.4. The van der Waals surface area contributed by atoms with Crippen molar-refractivity contribution in [2.75, 3.05) is 13.1 Å². The molecule has 1 heterocycles. The Hall–Kier alpha value is -1.47. The van der Waals surface area contributed by atoms with Crippen molar-refractivity contribution in [3.63, 3.8) is 0 Å². The maximum Gasteiger partial charge on any atom is 0.269 e. The Bertz CT molecular complexity index is 685. The third-order valence-corrected chi connectivity index (χ3v) is 6.74. The Morgan fingerprint density at radius 3 is 2.52 bits per heavy atom. The molecule has 0 amide bonds. The molecule has 3 rings (SSSR count). The van der Waals surface area contributed by atoms with Crippen LogP contribution < -0.4 is 0 Å². The summed E-state index contributed by atoms with van der Waals surface area (Å²) in [4.78, 5) is 10.2. The highest BCUT2D eigenvalue weighted by atomic mass is 32.2. The number of rotatable bonds is 4. The molecule has 2 atom stereocenters. The topological polar surface area (TPSA) is 80.5 Å². The van der Waals surface area contributed by atoms with Crippen molar-refractivity contribution >= 4 is 15.7 Å². The average molecular weight is 310 g/mol. The van der Waals surface area contributed by atoms with E-state index in [-0.39, 0.29) is 16.9 Å². The van der Waals surface area contributed by atoms with E-state index in [1.54, 1.807) is 6.07 Å². The lowest BCUT2D eigenvalue weighted by Crippen LogP contribution is -2.33. The number of nitrogens with zero attached hydrogens (tertiary/aromatic N) is 2. The van der Waals surface area contributed by atoms with Gasteiger partial charge in [-0.15, -0.1) is 0 Å². The number of non-ortho nitro benzene ring substituents is 1. The molecule has 0 radical (unpaired) electrons. The van der Waals surface area contributed by atoms with E-state index in [4.69, 9.17) is 0 Å². The van der Waals surface area contributed by atoms with Crippen LogP contribution >= 0.6 is 0 Å². The van der Waals surface area contributed by atoms with Gasteiger partial charge in [-0.2, -0.15) is 0 Å². The second-order valence-corrected chi connectivity index (χ2v) is 8.50. The zero-order valence-electron chi connectivity index (χ0n) is 12.0. The maximum atomic E-state index is 12.4. The first-order valence-electron chi connectivity index (χ1n) is 6.93. The Labute approximate surface area is 124 Å². The molecule has 1 aliphatic carbocycles. The van der Waals surface area contributed by atoms with Gasteiger partial charge < -0.3 is 0 Å². The van der Waals surface area contributed by atoms with Gasteiger partial charge in [0.25, 0.3) is 5.69 Å². The SMILES string of the molecule is CC1(C)C2CN(S(=O)(=O)Cc3cccc([N+](=O)[O-])c3)CC21. The molecule has 1 aliphatic heterocycles. The van der Waals surface area contributed by atoms with Crippen LogP contribution in [0.25, 0.3) is 0 Å². The number of nitro benzene ring substituents is 1. The third kappa shape index (κ3) is 2.44. The Morgan fingerprint density at radius 2 is 1.95 bits per heavy atom. The molecule has 21 heavy (non-hydrogen) atoms. The van der Waals surface area contributed by atoms with Crippen LogP contribution in [-0.2, 0) is 15.8 Å². The van der Waals surface area contributed by atoms with Crippen LogP contribution in [0.15, 0.2) is 24.3 Å². The molecule has 0 spiro atoms. The summed E-state index contributed by atoms with van der Waals surface area (Å²) in [5.74, 6) is 0.740. The molecule has 1 saturated carbocycles. The molecular formula is C14H18N2O4S. The van der Waals surface area contributed by atoms with Gasteiger partial charge in [0, 0.05) is 25.2 Å². The molecule has 2 unspecified atom stereocenters. The molecular weight excluding hydrogens is 292 g/mol. The fraction of sp³-hybridized carbons (Fsp3) is 0.571. The number of benzene rings is 1. The minimum Gasteiger partial charge on any atom is -0.258 e. The van der Waals surface area contributed by atoms with Gasteiger partial charge >= 0.3 is 0 Å². The van der Waals surface area contributed by atoms with Gasteiger partial charge in [-0.25, -0.2) is 12.7 Å². The summed E-state index contributed by atoms with van der Waals surface area (Å²) in [5.41, 5.74) is 0.648. The molecule has 1 saturated heterocycles. The number of piperidine rings is 1. The van der Waals surface area contributed by atoms with Gasteiger partial charge in [0.2, 0.25) is 10.0 Å². The number of hydrogen-bond acceptors (Lipinski definition) is 4. The summed E-state index contributed by atoms with van der Waals surface area (Å²) in [7, 11) is -3.40. The number of fused-ring (bicyclic) bond motifs is 1. The van der Waals surface area contributed by atoms with Crippen molar-refractivity contribution in [1.82, 2.24) is 4.31 Å². The van der Waals surface area contributed by atoms with Crippen LogP contribution in [-0.4, -0.2) is 30.7 Å². The summed E-state index contributed by atoms with van der Waals surface area (Å²) in [5, 5.41) is 10.7. The lowest BCUT2D eigenvalue weighted by Gasteiger charge is -2.21.